The van der Waals surface area contributed by atoms with Crippen LogP contribution in [0.4, 0.5) is 4.79 Å². The maximum absolute atomic E-state index is 12.8. The number of pyridine rings is 1. The van der Waals surface area contributed by atoms with Crippen molar-refractivity contribution >= 4 is 27.9 Å². The first-order valence-corrected chi connectivity index (χ1v) is 12.7. The van der Waals surface area contributed by atoms with E-state index in [0.717, 1.165) is 6.20 Å². The molecule has 2 aromatic carbocycles. The van der Waals surface area contributed by atoms with E-state index in [1.165, 1.54) is 31.4 Å². The highest BCUT2D eigenvalue weighted by Gasteiger charge is 2.20. The van der Waals surface area contributed by atoms with Gasteiger partial charge in [0.25, 0.3) is 21.8 Å². The topological polar surface area (TPSA) is 153 Å². The zero-order chi connectivity index (χ0) is 26.7. The molecule has 0 fully saturated rings. The fraction of sp³-hybridized carbons (Fsp3) is 0.200. The van der Waals surface area contributed by atoms with Crippen molar-refractivity contribution in [2.24, 2.45) is 0 Å². The monoisotopic (exact) mass is 526 g/mol. The first-order valence-electron chi connectivity index (χ1n) is 11.2. The number of sulfonamides is 1. The van der Waals surface area contributed by atoms with Crippen molar-refractivity contribution in [3.63, 3.8) is 0 Å². The minimum atomic E-state index is -4.18. The Morgan fingerprint density at radius 1 is 0.865 bits per heavy atom. The summed E-state index contributed by atoms with van der Waals surface area (Å²) in [5.74, 6) is -1.20. The molecule has 3 N–H and O–H groups in total. The van der Waals surface area contributed by atoms with E-state index in [1.807, 2.05) is 10.8 Å². The van der Waals surface area contributed by atoms with Crippen LogP contribution in [-0.2, 0) is 21.2 Å². The van der Waals surface area contributed by atoms with Gasteiger partial charge in [-0.1, -0.05) is 30.3 Å². The van der Waals surface area contributed by atoms with E-state index < -0.39 is 22.0 Å². The fourth-order valence-corrected chi connectivity index (χ4v) is 4.13. The Labute approximate surface area is 214 Å². The van der Waals surface area contributed by atoms with Crippen molar-refractivity contribution in [2.75, 3.05) is 26.8 Å². The van der Waals surface area contributed by atoms with Crippen molar-refractivity contribution < 1.29 is 32.3 Å². The molecule has 1 aromatic heterocycles. The summed E-state index contributed by atoms with van der Waals surface area (Å²) in [6.07, 6.45) is 0.734. The van der Waals surface area contributed by atoms with Gasteiger partial charge in [0, 0.05) is 38.0 Å². The zero-order valence-corrected chi connectivity index (χ0v) is 20.8. The molecule has 194 valence electrons. The molecule has 0 radical (unpaired) electrons. The van der Waals surface area contributed by atoms with E-state index in [1.54, 1.807) is 36.4 Å². The number of methoxy groups -OCH3 is 1. The van der Waals surface area contributed by atoms with Crippen LogP contribution in [0.25, 0.3) is 0 Å². The standard InChI is InChI=1S/C25H26N4O7S/c1-35-15-14-27-25(32)36-22-11-10-20(17-28-22)24(31)29-37(33,34)21-9-5-6-18(16-21)12-13-26-23(30)19-7-3-2-4-8-19/h2-11,16-17H,12-15H2,1H3,(H,26,30)(H,27,32)(H,29,31). The lowest BCUT2D eigenvalue weighted by atomic mass is 10.1. The Balaban J connectivity index is 1.55. The zero-order valence-electron chi connectivity index (χ0n) is 20.0. The van der Waals surface area contributed by atoms with E-state index in [0.29, 0.717) is 30.7 Å². The Hall–Kier alpha value is -4.29. The number of benzene rings is 2. The van der Waals surface area contributed by atoms with Crippen LogP contribution in [0.15, 0.2) is 77.8 Å². The van der Waals surface area contributed by atoms with Crippen molar-refractivity contribution in [2.45, 2.75) is 11.3 Å². The predicted molar refractivity (Wildman–Crippen MR) is 134 cm³/mol. The number of carbonyl (C=O) groups is 3. The van der Waals surface area contributed by atoms with Gasteiger partial charge in [0.05, 0.1) is 17.1 Å². The van der Waals surface area contributed by atoms with Gasteiger partial charge >= 0.3 is 6.09 Å². The van der Waals surface area contributed by atoms with Gasteiger partial charge in [-0.15, -0.1) is 0 Å². The second kappa shape index (κ2) is 13.1. The Morgan fingerprint density at radius 2 is 1.65 bits per heavy atom. The molecule has 12 heteroatoms. The summed E-state index contributed by atoms with van der Waals surface area (Å²) < 4.78 is 37.3. The summed E-state index contributed by atoms with van der Waals surface area (Å²) in [5.41, 5.74) is 1.15. The second-order valence-electron chi connectivity index (χ2n) is 7.65. The fourth-order valence-electron chi connectivity index (χ4n) is 3.08. The minimum absolute atomic E-state index is 0.0458. The molecule has 11 nitrogen and oxygen atoms in total. The SMILES string of the molecule is COCCNC(=O)Oc1ccc(C(=O)NS(=O)(=O)c2cccc(CCNC(=O)c3ccccc3)c2)cn1. The van der Waals surface area contributed by atoms with E-state index in [-0.39, 0.29) is 28.8 Å². The summed E-state index contributed by atoms with van der Waals surface area (Å²) in [4.78, 5) is 40.0. The molecule has 0 aliphatic heterocycles. The molecule has 0 spiro atoms. The molecule has 0 bridgehead atoms. The Morgan fingerprint density at radius 3 is 2.35 bits per heavy atom. The quantitative estimate of drug-likeness (QED) is 0.320. The summed E-state index contributed by atoms with van der Waals surface area (Å²) in [6, 6.07) is 17.4. The molecular weight excluding hydrogens is 500 g/mol. The lowest BCUT2D eigenvalue weighted by Crippen LogP contribution is -2.31. The van der Waals surface area contributed by atoms with Gasteiger partial charge in [0.1, 0.15) is 0 Å². The molecule has 0 atom stereocenters. The lowest BCUT2D eigenvalue weighted by molar-refractivity contribution is 0.0951. The Kier molecular flexibility index (Phi) is 9.69. The van der Waals surface area contributed by atoms with Gasteiger partial charge < -0.3 is 20.1 Å². The third-order valence-electron chi connectivity index (χ3n) is 4.94. The van der Waals surface area contributed by atoms with Gasteiger partial charge in [-0.25, -0.2) is 22.9 Å². The lowest BCUT2D eigenvalue weighted by Gasteiger charge is -2.10. The minimum Gasteiger partial charge on any atom is -0.391 e. The molecular formula is C25H26N4O7S. The molecule has 0 unspecified atom stereocenters. The van der Waals surface area contributed by atoms with Crippen molar-refractivity contribution in [3.8, 4) is 5.88 Å². The molecule has 0 aliphatic rings. The highest BCUT2D eigenvalue weighted by atomic mass is 32.2. The Bertz CT molecular complexity index is 1330. The van der Waals surface area contributed by atoms with Gasteiger partial charge in [0.15, 0.2) is 0 Å². The highest BCUT2D eigenvalue weighted by Crippen LogP contribution is 2.14. The number of hydrogen-bond donors (Lipinski definition) is 3. The number of ether oxygens (including phenoxy) is 2. The molecule has 1 heterocycles. The smallest absolute Gasteiger partial charge is 0.391 e. The average molecular weight is 527 g/mol. The van der Waals surface area contributed by atoms with Crippen LogP contribution in [0.2, 0.25) is 0 Å². The average Bonchev–Trinajstić information content (AvgIpc) is 2.89. The summed E-state index contributed by atoms with van der Waals surface area (Å²) in [7, 11) is -2.69. The third kappa shape index (κ3) is 8.40. The summed E-state index contributed by atoms with van der Waals surface area (Å²) in [5, 5.41) is 5.23. The van der Waals surface area contributed by atoms with Gasteiger partial charge in [-0.05, 0) is 42.3 Å². The summed E-state index contributed by atoms with van der Waals surface area (Å²) in [6.45, 7) is 0.856. The van der Waals surface area contributed by atoms with Gasteiger partial charge in [0.2, 0.25) is 5.88 Å². The molecule has 37 heavy (non-hydrogen) atoms. The normalized spacial score (nSPS) is 10.8. The number of amides is 3. The second-order valence-corrected chi connectivity index (χ2v) is 9.33. The first-order chi connectivity index (χ1) is 17.8. The number of hydrogen-bond acceptors (Lipinski definition) is 8. The number of aromatic nitrogens is 1. The molecule has 0 saturated carbocycles. The maximum atomic E-state index is 12.8. The maximum Gasteiger partial charge on any atom is 0.414 e. The van der Waals surface area contributed by atoms with Crippen LogP contribution in [-0.4, -0.2) is 58.1 Å². The molecule has 0 saturated heterocycles. The molecule has 0 aliphatic carbocycles. The molecule has 3 aromatic rings. The van der Waals surface area contributed by atoms with Crippen LogP contribution < -0.4 is 20.1 Å². The predicted octanol–water partition coefficient (Wildman–Crippen LogP) is 1.91. The number of nitrogens with one attached hydrogen (secondary N) is 3. The van der Waals surface area contributed by atoms with Crippen LogP contribution in [0, 0.1) is 0 Å². The largest absolute Gasteiger partial charge is 0.414 e. The number of carbonyl (C=O) groups excluding carboxylic acids is 3. The first kappa shape index (κ1) is 27.3. The van der Waals surface area contributed by atoms with E-state index >= 15 is 0 Å². The van der Waals surface area contributed by atoms with E-state index in [2.05, 4.69) is 15.6 Å². The van der Waals surface area contributed by atoms with Crippen molar-refractivity contribution in [3.05, 3.63) is 89.6 Å². The summed E-state index contributed by atoms with van der Waals surface area (Å²) >= 11 is 0. The van der Waals surface area contributed by atoms with Crippen LogP contribution in [0.1, 0.15) is 26.3 Å². The van der Waals surface area contributed by atoms with Crippen molar-refractivity contribution in [1.82, 2.24) is 20.3 Å². The third-order valence-corrected chi connectivity index (χ3v) is 6.27. The van der Waals surface area contributed by atoms with Gasteiger partial charge in [-0.2, -0.15) is 0 Å². The molecule has 3 amide bonds. The van der Waals surface area contributed by atoms with Crippen LogP contribution in [0.3, 0.4) is 0 Å². The molecule has 3 rings (SSSR count). The number of rotatable bonds is 11. The van der Waals surface area contributed by atoms with Crippen LogP contribution >= 0.6 is 0 Å². The van der Waals surface area contributed by atoms with Crippen molar-refractivity contribution in [1.29, 1.82) is 0 Å². The van der Waals surface area contributed by atoms with Crippen LogP contribution in [0.5, 0.6) is 5.88 Å². The van der Waals surface area contributed by atoms with E-state index in [9.17, 15) is 22.8 Å². The van der Waals surface area contributed by atoms with Gasteiger partial charge in [-0.3, -0.25) is 9.59 Å². The van der Waals surface area contributed by atoms with E-state index in [4.69, 9.17) is 9.47 Å². The number of nitrogens with zero attached hydrogens (tertiary/aromatic N) is 1. The highest BCUT2D eigenvalue weighted by molar-refractivity contribution is 7.90.